The number of hydrogen-bond donors (Lipinski definition) is 1. The number of piperazine rings is 1. The molecule has 8 heteroatoms. The lowest BCUT2D eigenvalue weighted by molar-refractivity contribution is 0.0626. The topological polar surface area (TPSA) is 58.4 Å². The third kappa shape index (κ3) is 4.41. The maximum Gasteiger partial charge on any atom is 0.274 e. The number of carbonyl (C=O) groups is 1. The lowest BCUT2D eigenvalue weighted by atomic mass is 10.1. The van der Waals surface area contributed by atoms with Crippen LogP contribution in [0.15, 0.2) is 59.0 Å². The minimum absolute atomic E-state index is 0. The highest BCUT2D eigenvalue weighted by molar-refractivity contribution is 7.15. The Morgan fingerprint density at radius 3 is 2.81 bits per heavy atom. The summed E-state index contributed by atoms with van der Waals surface area (Å²) in [4.78, 5) is 20.8. The number of benzene rings is 2. The van der Waals surface area contributed by atoms with Crippen LogP contribution < -0.4 is 5.32 Å². The van der Waals surface area contributed by atoms with Crippen molar-refractivity contribution in [2.75, 3.05) is 19.6 Å². The van der Waals surface area contributed by atoms with Crippen LogP contribution in [0.3, 0.4) is 0 Å². The summed E-state index contributed by atoms with van der Waals surface area (Å²) in [5.74, 6) is 0.470. The molecule has 0 spiro atoms. The van der Waals surface area contributed by atoms with E-state index in [1.807, 2.05) is 42.2 Å². The fraction of sp³-hybridized carbons (Fsp3) is 0.250. The number of fused-ring (bicyclic) bond motifs is 1. The van der Waals surface area contributed by atoms with Crippen molar-refractivity contribution < 1.29 is 13.6 Å². The number of thiazole rings is 1. The highest BCUT2D eigenvalue weighted by Gasteiger charge is 2.31. The van der Waals surface area contributed by atoms with E-state index in [0.717, 1.165) is 38.7 Å². The zero-order valence-electron chi connectivity index (χ0n) is 17.5. The Hall–Kier alpha value is -2.74. The molecule has 1 aliphatic rings. The van der Waals surface area contributed by atoms with Crippen LogP contribution in [0, 0.1) is 12.7 Å². The molecule has 0 bridgehead atoms. The molecule has 1 amide bonds. The van der Waals surface area contributed by atoms with E-state index in [1.165, 1.54) is 23.5 Å². The van der Waals surface area contributed by atoms with E-state index in [4.69, 9.17) is 4.42 Å². The number of rotatable bonds is 4. The summed E-state index contributed by atoms with van der Waals surface area (Å²) in [6.45, 7) is 3.91. The number of aromatic nitrogens is 1. The third-order valence-electron chi connectivity index (χ3n) is 5.57. The van der Waals surface area contributed by atoms with Gasteiger partial charge in [-0.2, -0.15) is 0 Å². The summed E-state index contributed by atoms with van der Waals surface area (Å²) in [6, 6.07) is 16.1. The van der Waals surface area contributed by atoms with Gasteiger partial charge in [-0.15, -0.1) is 23.7 Å². The molecule has 1 aliphatic heterocycles. The molecule has 1 unspecified atom stereocenters. The molecule has 1 atom stereocenters. The molecule has 4 aromatic rings. The first-order chi connectivity index (χ1) is 15.1. The average molecular weight is 472 g/mol. The molecular formula is C24H23ClFN3O2S. The fourth-order valence-electron chi connectivity index (χ4n) is 4.09. The monoisotopic (exact) mass is 471 g/mol. The van der Waals surface area contributed by atoms with E-state index in [2.05, 4.69) is 10.3 Å². The molecule has 0 saturated carbocycles. The Labute approximate surface area is 195 Å². The van der Waals surface area contributed by atoms with Crippen molar-refractivity contribution >= 4 is 40.6 Å². The van der Waals surface area contributed by atoms with Crippen LogP contribution in [-0.2, 0) is 6.42 Å². The van der Waals surface area contributed by atoms with Gasteiger partial charge in [0.1, 0.15) is 22.9 Å². The van der Waals surface area contributed by atoms with Crippen molar-refractivity contribution in [2.24, 2.45) is 0 Å². The average Bonchev–Trinajstić information content (AvgIpc) is 3.37. The summed E-state index contributed by atoms with van der Waals surface area (Å²) in [5.41, 5.74) is 2.10. The van der Waals surface area contributed by atoms with Gasteiger partial charge in [0, 0.05) is 31.4 Å². The summed E-state index contributed by atoms with van der Waals surface area (Å²) < 4.78 is 19.4. The summed E-state index contributed by atoms with van der Waals surface area (Å²) >= 11 is 1.46. The molecule has 1 N–H and O–H groups in total. The van der Waals surface area contributed by atoms with Gasteiger partial charge in [0.25, 0.3) is 5.91 Å². The molecule has 2 aromatic heterocycles. The largest absolute Gasteiger partial charge is 0.461 e. The molecule has 2 aromatic carbocycles. The molecule has 32 heavy (non-hydrogen) atoms. The minimum Gasteiger partial charge on any atom is -0.461 e. The molecule has 5 nitrogen and oxygen atoms in total. The number of furan rings is 1. The Bertz CT molecular complexity index is 1200. The van der Waals surface area contributed by atoms with Crippen molar-refractivity contribution in [3.8, 4) is 10.4 Å². The van der Waals surface area contributed by atoms with Gasteiger partial charge >= 0.3 is 0 Å². The lowest BCUT2D eigenvalue weighted by Crippen LogP contribution is -2.54. The lowest BCUT2D eigenvalue weighted by Gasteiger charge is -2.35. The van der Waals surface area contributed by atoms with E-state index in [0.29, 0.717) is 25.2 Å². The Morgan fingerprint density at radius 2 is 2.03 bits per heavy atom. The molecule has 1 saturated heterocycles. The Morgan fingerprint density at radius 1 is 1.25 bits per heavy atom. The second kappa shape index (κ2) is 9.40. The summed E-state index contributed by atoms with van der Waals surface area (Å²) in [7, 11) is 0. The van der Waals surface area contributed by atoms with E-state index < -0.39 is 0 Å². The molecule has 1 fully saturated rings. The van der Waals surface area contributed by atoms with Crippen LogP contribution in [0.2, 0.25) is 0 Å². The third-order valence-corrected chi connectivity index (χ3v) is 6.59. The number of halogens is 2. The fourth-order valence-corrected chi connectivity index (χ4v) is 5.00. The van der Waals surface area contributed by atoms with Gasteiger partial charge in [-0.3, -0.25) is 4.79 Å². The molecule has 5 rings (SSSR count). The molecule has 0 aliphatic carbocycles. The van der Waals surface area contributed by atoms with E-state index in [-0.39, 0.29) is 30.2 Å². The quantitative estimate of drug-likeness (QED) is 0.451. The van der Waals surface area contributed by atoms with Crippen molar-refractivity contribution in [3.63, 3.8) is 0 Å². The highest BCUT2D eigenvalue weighted by atomic mass is 35.5. The van der Waals surface area contributed by atoms with Crippen LogP contribution in [0.5, 0.6) is 0 Å². The predicted octanol–water partition coefficient (Wildman–Crippen LogP) is 5.08. The van der Waals surface area contributed by atoms with Crippen LogP contribution in [0.25, 0.3) is 21.4 Å². The molecule has 3 heterocycles. The van der Waals surface area contributed by atoms with Crippen LogP contribution >= 0.6 is 23.7 Å². The molecule has 166 valence electrons. The Kier molecular flexibility index (Phi) is 6.60. The number of nitrogens with one attached hydrogen (secondary N) is 1. The van der Waals surface area contributed by atoms with E-state index in [9.17, 15) is 9.18 Å². The van der Waals surface area contributed by atoms with Gasteiger partial charge in [-0.1, -0.05) is 30.3 Å². The molecular weight excluding hydrogens is 449 g/mol. The normalized spacial score (nSPS) is 16.2. The number of amides is 1. The minimum atomic E-state index is -0.300. The van der Waals surface area contributed by atoms with Crippen molar-refractivity contribution in [1.29, 1.82) is 0 Å². The van der Waals surface area contributed by atoms with Gasteiger partial charge in [-0.25, -0.2) is 9.37 Å². The smallest absolute Gasteiger partial charge is 0.274 e. The van der Waals surface area contributed by atoms with Crippen LogP contribution in [0.4, 0.5) is 4.39 Å². The summed E-state index contributed by atoms with van der Waals surface area (Å²) in [6.07, 6.45) is 0.627. The number of para-hydroxylation sites is 1. The standard InChI is InChI=1S/C24H22FN3O2S.ClH/c1-15-27-22(23(31-15)16-6-8-18(25)9-7-16)24(29)28-11-10-26-14-19(28)13-20-12-17-4-2-3-5-21(17)30-20;/h2-9,12,19,26H,10-11,13-14H2,1H3;1H. The number of aryl methyl sites for hydroxylation is 1. The predicted molar refractivity (Wildman–Crippen MR) is 127 cm³/mol. The van der Waals surface area contributed by atoms with Crippen LogP contribution in [-0.4, -0.2) is 41.5 Å². The van der Waals surface area contributed by atoms with Crippen molar-refractivity contribution in [2.45, 2.75) is 19.4 Å². The van der Waals surface area contributed by atoms with Crippen molar-refractivity contribution in [3.05, 3.63) is 76.9 Å². The number of hydrogen-bond acceptors (Lipinski definition) is 5. The first-order valence-corrected chi connectivity index (χ1v) is 11.1. The van der Waals surface area contributed by atoms with Gasteiger partial charge in [0.15, 0.2) is 0 Å². The first-order valence-electron chi connectivity index (χ1n) is 10.3. The van der Waals surface area contributed by atoms with E-state index in [1.54, 1.807) is 12.1 Å². The van der Waals surface area contributed by atoms with Gasteiger partial charge in [0.05, 0.1) is 15.9 Å². The van der Waals surface area contributed by atoms with Gasteiger partial charge < -0.3 is 14.6 Å². The first kappa shape index (κ1) is 22.5. The van der Waals surface area contributed by atoms with Gasteiger partial charge in [0.2, 0.25) is 0 Å². The SMILES string of the molecule is Cc1nc(C(=O)N2CCNCC2Cc2cc3ccccc3o2)c(-c2ccc(F)cc2)s1.Cl. The zero-order chi connectivity index (χ0) is 21.4. The second-order valence-corrected chi connectivity index (χ2v) is 8.93. The van der Waals surface area contributed by atoms with Crippen molar-refractivity contribution in [1.82, 2.24) is 15.2 Å². The maximum atomic E-state index is 13.6. The molecule has 0 radical (unpaired) electrons. The van der Waals surface area contributed by atoms with Gasteiger partial charge in [-0.05, 0) is 36.8 Å². The number of nitrogens with zero attached hydrogens (tertiary/aromatic N) is 2. The second-order valence-electron chi connectivity index (χ2n) is 7.73. The van der Waals surface area contributed by atoms with Crippen LogP contribution in [0.1, 0.15) is 21.3 Å². The Balaban J connectivity index is 0.00000245. The summed E-state index contributed by atoms with van der Waals surface area (Å²) in [5, 5.41) is 5.26. The highest BCUT2D eigenvalue weighted by Crippen LogP contribution is 2.32. The maximum absolute atomic E-state index is 13.6. The number of carbonyl (C=O) groups excluding carboxylic acids is 1. The van der Waals surface area contributed by atoms with E-state index >= 15 is 0 Å². The zero-order valence-corrected chi connectivity index (χ0v) is 19.1.